The standard InChI is InChI=1S/C23H34N8.HI/c1-16(2)30-14-17(3)21(15-30)28-23(26-4)27-12-8-11-20-19(13-24)22(25)31(29-20)18-9-6-5-7-10-18;/h5-7,9-10,16-17,21H,8,11-12,14-15,25H2,1-4H3,(H2,26,27,28);1H. The normalized spacial score (nSPS) is 18.9. The Morgan fingerprint density at radius 2 is 2.03 bits per heavy atom. The van der Waals surface area contributed by atoms with Gasteiger partial charge in [-0.3, -0.25) is 9.89 Å². The summed E-state index contributed by atoms with van der Waals surface area (Å²) in [4.78, 5) is 6.87. The van der Waals surface area contributed by atoms with E-state index in [1.54, 1.807) is 11.7 Å². The maximum atomic E-state index is 9.55. The Balaban J connectivity index is 0.00000363. The van der Waals surface area contributed by atoms with Gasteiger partial charge in [-0.2, -0.15) is 10.4 Å². The molecule has 1 saturated heterocycles. The Hall–Kier alpha value is -2.32. The molecule has 0 bridgehead atoms. The molecule has 2 atom stereocenters. The number of hydrogen-bond donors (Lipinski definition) is 3. The number of halogens is 1. The van der Waals surface area contributed by atoms with Crippen molar-refractivity contribution in [3.8, 4) is 11.8 Å². The van der Waals surface area contributed by atoms with Gasteiger partial charge in [0.15, 0.2) is 5.96 Å². The van der Waals surface area contributed by atoms with E-state index in [0.717, 1.165) is 43.4 Å². The lowest BCUT2D eigenvalue weighted by molar-refractivity contribution is 0.265. The highest BCUT2D eigenvalue weighted by Crippen LogP contribution is 2.21. The number of para-hydroxylation sites is 1. The fourth-order valence-corrected chi connectivity index (χ4v) is 3.99. The monoisotopic (exact) mass is 550 g/mol. The van der Waals surface area contributed by atoms with Gasteiger partial charge in [-0.1, -0.05) is 25.1 Å². The maximum absolute atomic E-state index is 9.55. The zero-order chi connectivity index (χ0) is 22.4. The molecule has 0 aliphatic carbocycles. The van der Waals surface area contributed by atoms with Crippen LogP contribution >= 0.6 is 24.0 Å². The van der Waals surface area contributed by atoms with Crippen molar-refractivity contribution in [3.05, 3.63) is 41.6 Å². The summed E-state index contributed by atoms with van der Waals surface area (Å²) < 4.78 is 1.64. The molecule has 1 aromatic heterocycles. The van der Waals surface area contributed by atoms with Crippen molar-refractivity contribution in [2.75, 3.05) is 32.4 Å². The molecule has 1 aliphatic heterocycles. The van der Waals surface area contributed by atoms with Crippen LogP contribution in [0.4, 0.5) is 5.82 Å². The minimum atomic E-state index is 0. The van der Waals surface area contributed by atoms with E-state index in [4.69, 9.17) is 5.73 Å². The molecule has 1 aliphatic rings. The Morgan fingerprint density at radius 1 is 1.31 bits per heavy atom. The molecule has 3 rings (SSSR count). The summed E-state index contributed by atoms with van der Waals surface area (Å²) >= 11 is 0. The van der Waals surface area contributed by atoms with Crippen molar-refractivity contribution in [2.45, 2.75) is 45.7 Å². The van der Waals surface area contributed by atoms with Crippen LogP contribution in [0.15, 0.2) is 35.3 Å². The number of aromatic nitrogens is 2. The van der Waals surface area contributed by atoms with Crippen molar-refractivity contribution in [1.82, 2.24) is 25.3 Å². The number of nitriles is 1. The molecule has 0 radical (unpaired) electrons. The van der Waals surface area contributed by atoms with E-state index >= 15 is 0 Å². The molecule has 1 aromatic carbocycles. The number of aryl methyl sites for hydroxylation is 1. The summed E-state index contributed by atoms with van der Waals surface area (Å²) in [5, 5.41) is 21.1. The van der Waals surface area contributed by atoms with Gasteiger partial charge in [0.05, 0.1) is 11.4 Å². The molecule has 2 heterocycles. The second-order valence-electron chi connectivity index (χ2n) is 8.44. The fourth-order valence-electron chi connectivity index (χ4n) is 3.99. The van der Waals surface area contributed by atoms with Gasteiger partial charge < -0.3 is 16.4 Å². The lowest BCUT2D eigenvalue weighted by Crippen LogP contribution is -2.47. The number of guanidine groups is 1. The number of anilines is 1. The number of aliphatic imine (C=N–C) groups is 1. The second kappa shape index (κ2) is 12.1. The zero-order valence-electron chi connectivity index (χ0n) is 19.4. The molecule has 0 saturated carbocycles. The molecule has 8 nitrogen and oxygen atoms in total. The average Bonchev–Trinajstić information content (AvgIpc) is 3.30. The summed E-state index contributed by atoms with van der Waals surface area (Å²) in [5.74, 6) is 1.78. The molecule has 2 aromatic rings. The lowest BCUT2D eigenvalue weighted by Gasteiger charge is -2.21. The summed E-state index contributed by atoms with van der Waals surface area (Å²) in [5.41, 5.74) is 8.23. The van der Waals surface area contributed by atoms with Gasteiger partial charge in [0.1, 0.15) is 17.5 Å². The largest absolute Gasteiger partial charge is 0.382 e. The predicted octanol–water partition coefficient (Wildman–Crippen LogP) is 2.77. The Labute approximate surface area is 208 Å². The SMILES string of the molecule is CN=C(NCCCc1nn(-c2ccccc2)c(N)c1C#N)NC1CN(C(C)C)CC1C.I. The number of nitrogens with two attached hydrogens (primary N) is 1. The number of hydrogen-bond acceptors (Lipinski definition) is 5. The first-order chi connectivity index (χ1) is 14.9. The van der Waals surface area contributed by atoms with Gasteiger partial charge in [0, 0.05) is 38.8 Å². The van der Waals surface area contributed by atoms with Crippen LogP contribution in [0.3, 0.4) is 0 Å². The van der Waals surface area contributed by atoms with Crippen LogP contribution in [-0.2, 0) is 6.42 Å². The van der Waals surface area contributed by atoms with Crippen molar-refractivity contribution < 1.29 is 0 Å². The van der Waals surface area contributed by atoms with Crippen molar-refractivity contribution in [2.24, 2.45) is 10.9 Å². The van der Waals surface area contributed by atoms with Gasteiger partial charge in [-0.05, 0) is 44.7 Å². The fraction of sp³-hybridized carbons (Fsp3) is 0.522. The molecule has 0 amide bonds. The summed E-state index contributed by atoms with van der Waals surface area (Å²) in [6.45, 7) is 9.63. The van der Waals surface area contributed by atoms with E-state index in [9.17, 15) is 5.26 Å². The molecule has 4 N–H and O–H groups in total. The van der Waals surface area contributed by atoms with Gasteiger partial charge in [-0.15, -0.1) is 24.0 Å². The van der Waals surface area contributed by atoms with E-state index < -0.39 is 0 Å². The lowest BCUT2D eigenvalue weighted by atomic mass is 10.1. The highest BCUT2D eigenvalue weighted by atomic mass is 127. The zero-order valence-corrected chi connectivity index (χ0v) is 21.7. The van der Waals surface area contributed by atoms with Crippen LogP contribution in [0.1, 0.15) is 38.4 Å². The third kappa shape index (κ3) is 6.13. The Bertz CT molecular complexity index is 931. The molecule has 2 unspecified atom stereocenters. The quantitative estimate of drug-likeness (QED) is 0.212. The van der Waals surface area contributed by atoms with Crippen LogP contribution in [-0.4, -0.2) is 59.4 Å². The summed E-state index contributed by atoms with van der Waals surface area (Å²) in [6.07, 6.45) is 1.48. The van der Waals surface area contributed by atoms with E-state index in [-0.39, 0.29) is 24.0 Å². The minimum Gasteiger partial charge on any atom is -0.382 e. The highest BCUT2D eigenvalue weighted by molar-refractivity contribution is 14.0. The number of benzene rings is 1. The Kier molecular flexibility index (Phi) is 9.78. The topological polar surface area (TPSA) is 107 Å². The van der Waals surface area contributed by atoms with Crippen LogP contribution in [0.25, 0.3) is 5.69 Å². The number of nitrogen functional groups attached to an aromatic ring is 1. The van der Waals surface area contributed by atoms with Crippen LogP contribution in [0, 0.1) is 17.2 Å². The first-order valence-corrected chi connectivity index (χ1v) is 11.0. The summed E-state index contributed by atoms with van der Waals surface area (Å²) in [7, 11) is 1.80. The number of likely N-dealkylation sites (tertiary alicyclic amines) is 1. The minimum absolute atomic E-state index is 0. The molecular weight excluding hydrogens is 515 g/mol. The van der Waals surface area contributed by atoms with Crippen molar-refractivity contribution in [3.63, 3.8) is 0 Å². The van der Waals surface area contributed by atoms with E-state index in [0.29, 0.717) is 35.8 Å². The smallest absolute Gasteiger partial charge is 0.191 e. The van der Waals surface area contributed by atoms with E-state index in [1.807, 2.05) is 30.3 Å². The third-order valence-electron chi connectivity index (χ3n) is 5.91. The van der Waals surface area contributed by atoms with E-state index in [1.165, 1.54) is 0 Å². The second-order valence-corrected chi connectivity index (χ2v) is 8.44. The van der Waals surface area contributed by atoms with Crippen molar-refractivity contribution in [1.29, 1.82) is 5.26 Å². The first kappa shape index (κ1) is 25.9. The van der Waals surface area contributed by atoms with Crippen molar-refractivity contribution >= 4 is 35.8 Å². The summed E-state index contributed by atoms with van der Waals surface area (Å²) in [6, 6.07) is 12.8. The highest BCUT2D eigenvalue weighted by Gasteiger charge is 2.31. The number of nitrogens with one attached hydrogen (secondary N) is 2. The van der Waals surface area contributed by atoms with Gasteiger partial charge >= 0.3 is 0 Å². The average molecular weight is 550 g/mol. The van der Waals surface area contributed by atoms with Crippen LogP contribution < -0.4 is 16.4 Å². The van der Waals surface area contributed by atoms with Gasteiger partial charge in [0.25, 0.3) is 0 Å². The molecule has 32 heavy (non-hydrogen) atoms. The van der Waals surface area contributed by atoms with E-state index in [2.05, 4.69) is 52.5 Å². The first-order valence-electron chi connectivity index (χ1n) is 11.0. The molecule has 1 fully saturated rings. The van der Waals surface area contributed by atoms with Gasteiger partial charge in [0.2, 0.25) is 0 Å². The molecular formula is C23H35IN8. The molecule has 0 spiro atoms. The number of rotatable bonds is 7. The maximum Gasteiger partial charge on any atom is 0.191 e. The van der Waals surface area contributed by atoms with Crippen LogP contribution in [0.5, 0.6) is 0 Å². The molecule has 174 valence electrons. The molecule has 9 heteroatoms. The predicted molar refractivity (Wildman–Crippen MR) is 141 cm³/mol. The van der Waals surface area contributed by atoms with Gasteiger partial charge in [-0.25, -0.2) is 4.68 Å². The van der Waals surface area contributed by atoms with Crippen LogP contribution in [0.2, 0.25) is 0 Å². The number of nitrogens with zero attached hydrogens (tertiary/aromatic N) is 5. The Morgan fingerprint density at radius 3 is 2.62 bits per heavy atom. The third-order valence-corrected chi connectivity index (χ3v) is 5.91.